The Morgan fingerprint density at radius 2 is 1.00 bits per heavy atom. The smallest absolute Gasteiger partial charge is 0.265 e. The minimum absolute atomic E-state index is 0.108. The average Bonchev–Trinajstić information content (AvgIpc) is 2.91. The Morgan fingerprint density at radius 1 is 0.629 bits per heavy atom. The molecule has 0 heterocycles. The summed E-state index contributed by atoms with van der Waals surface area (Å²) in [4.78, 5) is 52.2. The number of aliphatic hydroxyl groups excluding tert-OH is 2. The van der Waals surface area contributed by atoms with E-state index >= 15 is 0 Å². The molecule has 0 saturated heterocycles. The molecule has 35 heavy (non-hydrogen) atoms. The van der Waals surface area contributed by atoms with Gasteiger partial charge < -0.3 is 20.4 Å². The predicted octanol–water partition coefficient (Wildman–Crippen LogP) is 1.58. The van der Waals surface area contributed by atoms with Crippen LogP contribution in [0, 0.1) is 0 Å². The van der Waals surface area contributed by atoms with E-state index in [1.807, 2.05) is 0 Å². The van der Waals surface area contributed by atoms with Crippen LogP contribution in [0.2, 0.25) is 0 Å². The molecule has 0 radical (unpaired) electrons. The molecule has 0 fully saturated rings. The van der Waals surface area contributed by atoms with Crippen molar-refractivity contribution in [2.24, 2.45) is 0 Å². The average molecular weight is 497 g/mol. The van der Waals surface area contributed by atoms with E-state index in [0.29, 0.717) is 0 Å². The van der Waals surface area contributed by atoms with Crippen LogP contribution in [-0.2, 0) is 4.79 Å². The zero-order chi connectivity index (χ0) is 25.8. The quantitative estimate of drug-likeness (QED) is 0.188. The maximum absolute atomic E-state index is 13.5. The topological polar surface area (TPSA) is 149 Å². The van der Waals surface area contributed by atoms with Gasteiger partial charge in [-0.15, -0.1) is 0 Å². The van der Waals surface area contributed by atoms with Gasteiger partial charge in [0.15, 0.2) is 5.78 Å². The Balaban J connectivity index is 2.22. The molecule has 0 aromatic heterocycles. The lowest BCUT2D eigenvalue weighted by molar-refractivity contribution is -0.175. The number of hydrogen-bond donors (Lipinski definition) is 4. The summed E-state index contributed by atoms with van der Waals surface area (Å²) < 4.78 is 0. The SMILES string of the molecule is O=C(c1ccccc1)C(O)[C@@H](O)[C@](O)(C(=O)c1ccccc1)[C@@](O)(C(=O)Cl)C(=O)c1ccccc1. The summed E-state index contributed by atoms with van der Waals surface area (Å²) in [5.41, 5.74) is -8.35. The van der Waals surface area contributed by atoms with Crippen LogP contribution in [0.4, 0.5) is 0 Å². The minimum atomic E-state index is -3.79. The maximum Gasteiger partial charge on any atom is 0.265 e. The van der Waals surface area contributed by atoms with E-state index < -0.39 is 46.0 Å². The summed E-state index contributed by atoms with van der Waals surface area (Å²) in [5.74, 6) is -4.19. The van der Waals surface area contributed by atoms with Gasteiger partial charge in [-0.2, -0.15) is 0 Å². The van der Waals surface area contributed by atoms with Crippen LogP contribution in [0.3, 0.4) is 0 Å². The first-order valence-electron chi connectivity index (χ1n) is 10.4. The molecule has 180 valence electrons. The zero-order valence-electron chi connectivity index (χ0n) is 18.1. The third kappa shape index (κ3) is 4.58. The van der Waals surface area contributed by atoms with E-state index in [1.54, 1.807) is 6.07 Å². The van der Waals surface area contributed by atoms with Crippen molar-refractivity contribution in [3.8, 4) is 0 Å². The fraction of sp³-hybridized carbons (Fsp3) is 0.154. The first kappa shape index (κ1) is 26.1. The highest BCUT2D eigenvalue weighted by atomic mass is 35.5. The summed E-state index contributed by atoms with van der Waals surface area (Å²) >= 11 is 5.59. The van der Waals surface area contributed by atoms with Gasteiger partial charge in [0, 0.05) is 16.7 Å². The van der Waals surface area contributed by atoms with E-state index in [1.165, 1.54) is 84.9 Å². The monoisotopic (exact) mass is 496 g/mol. The van der Waals surface area contributed by atoms with Crippen LogP contribution < -0.4 is 0 Å². The second-order valence-electron chi connectivity index (χ2n) is 7.76. The Hall–Kier alpha value is -3.53. The number of aliphatic hydroxyl groups is 4. The van der Waals surface area contributed by atoms with Crippen molar-refractivity contribution in [1.82, 2.24) is 0 Å². The first-order chi connectivity index (χ1) is 16.6. The summed E-state index contributed by atoms with van der Waals surface area (Å²) in [6.07, 6.45) is -5.40. The molecule has 3 rings (SSSR count). The van der Waals surface area contributed by atoms with E-state index in [0.717, 1.165) is 0 Å². The molecule has 8 nitrogen and oxygen atoms in total. The number of hydrogen-bond acceptors (Lipinski definition) is 8. The van der Waals surface area contributed by atoms with Gasteiger partial charge in [-0.3, -0.25) is 19.2 Å². The van der Waals surface area contributed by atoms with Crippen molar-refractivity contribution in [3.05, 3.63) is 108 Å². The van der Waals surface area contributed by atoms with Crippen LogP contribution in [0.1, 0.15) is 31.1 Å². The molecule has 1 unspecified atom stereocenters. The van der Waals surface area contributed by atoms with Gasteiger partial charge in [-0.25, -0.2) is 0 Å². The number of carbonyl (C=O) groups excluding carboxylic acids is 4. The highest BCUT2D eigenvalue weighted by molar-refractivity contribution is 6.68. The van der Waals surface area contributed by atoms with Crippen LogP contribution >= 0.6 is 11.6 Å². The molecule has 4 atom stereocenters. The third-order valence-electron chi connectivity index (χ3n) is 5.64. The van der Waals surface area contributed by atoms with Crippen molar-refractivity contribution in [2.45, 2.75) is 23.4 Å². The van der Waals surface area contributed by atoms with E-state index in [-0.39, 0.29) is 16.7 Å². The lowest BCUT2D eigenvalue weighted by Crippen LogP contribution is -2.74. The second-order valence-corrected chi connectivity index (χ2v) is 8.10. The molecule has 9 heteroatoms. The highest BCUT2D eigenvalue weighted by Gasteiger charge is 2.69. The van der Waals surface area contributed by atoms with Gasteiger partial charge in [0.05, 0.1) is 0 Å². The molecule has 4 N–H and O–H groups in total. The van der Waals surface area contributed by atoms with E-state index in [9.17, 15) is 39.6 Å². The molecule has 0 amide bonds. The summed E-state index contributed by atoms with van der Waals surface area (Å²) in [7, 11) is 0. The van der Waals surface area contributed by atoms with Gasteiger partial charge in [-0.1, -0.05) is 91.0 Å². The first-order valence-corrected chi connectivity index (χ1v) is 10.7. The largest absolute Gasteiger partial charge is 0.386 e. The molecular weight excluding hydrogens is 476 g/mol. The summed E-state index contributed by atoms with van der Waals surface area (Å²) in [5, 5.41) is 42.7. The Kier molecular flexibility index (Phi) is 7.74. The van der Waals surface area contributed by atoms with Gasteiger partial charge in [0.2, 0.25) is 22.8 Å². The molecule has 0 spiro atoms. The van der Waals surface area contributed by atoms with Crippen molar-refractivity contribution in [1.29, 1.82) is 0 Å². The van der Waals surface area contributed by atoms with Crippen LogP contribution in [-0.4, -0.2) is 66.4 Å². The number of benzene rings is 3. The number of ketones is 3. The van der Waals surface area contributed by atoms with E-state index in [2.05, 4.69) is 0 Å². The predicted molar refractivity (Wildman–Crippen MR) is 125 cm³/mol. The Bertz CT molecular complexity index is 1230. The fourth-order valence-electron chi connectivity index (χ4n) is 3.68. The molecule has 3 aromatic carbocycles. The van der Waals surface area contributed by atoms with E-state index in [4.69, 9.17) is 11.6 Å². The summed E-state index contributed by atoms with van der Waals surface area (Å²) in [6, 6.07) is 20.4. The molecule has 0 aliphatic rings. The number of rotatable bonds is 10. The zero-order valence-corrected chi connectivity index (χ0v) is 18.9. The van der Waals surface area contributed by atoms with Crippen molar-refractivity contribution in [3.63, 3.8) is 0 Å². The second kappa shape index (κ2) is 10.4. The maximum atomic E-state index is 13.5. The molecule has 0 aliphatic heterocycles. The highest BCUT2D eigenvalue weighted by Crippen LogP contribution is 2.37. The number of halogens is 1. The summed E-state index contributed by atoms with van der Waals surface area (Å²) in [6.45, 7) is 0. The molecule has 3 aromatic rings. The lowest BCUT2D eigenvalue weighted by atomic mass is 9.69. The Morgan fingerprint density at radius 3 is 1.40 bits per heavy atom. The van der Waals surface area contributed by atoms with Crippen LogP contribution in [0.5, 0.6) is 0 Å². The third-order valence-corrected chi connectivity index (χ3v) is 5.91. The van der Waals surface area contributed by atoms with Crippen LogP contribution in [0.25, 0.3) is 0 Å². The standard InChI is InChI=1S/C26H21ClO8/c27-24(33)26(35,22(31)18-14-8-3-9-15-18)25(34,21(30)17-12-6-2-7-13-17)23(32)20(29)19(28)16-10-4-1-5-11-16/h1-15,20,23,29,32,34-35H/t20?,23-,25-,26+/m1/s1. The van der Waals surface area contributed by atoms with Crippen molar-refractivity contribution >= 4 is 34.2 Å². The minimum Gasteiger partial charge on any atom is -0.386 e. The number of Topliss-reactive ketones (excluding diaryl/α,β-unsaturated/α-hetero) is 3. The van der Waals surface area contributed by atoms with Gasteiger partial charge in [-0.05, 0) is 11.6 Å². The molecule has 0 aliphatic carbocycles. The van der Waals surface area contributed by atoms with Gasteiger partial charge in [0.25, 0.3) is 5.24 Å². The molecule has 0 saturated carbocycles. The fourth-order valence-corrected chi connectivity index (χ4v) is 3.91. The van der Waals surface area contributed by atoms with Crippen molar-refractivity contribution in [2.75, 3.05) is 0 Å². The normalized spacial score (nSPS) is 16.3. The van der Waals surface area contributed by atoms with Gasteiger partial charge >= 0.3 is 0 Å². The molecular formula is C26H21ClO8. The van der Waals surface area contributed by atoms with Crippen LogP contribution in [0.15, 0.2) is 91.0 Å². The lowest BCUT2D eigenvalue weighted by Gasteiger charge is -2.42. The number of carbonyl (C=O) groups is 4. The Labute approximate surface area is 205 Å². The molecule has 0 bridgehead atoms. The van der Waals surface area contributed by atoms with Gasteiger partial charge in [0.1, 0.15) is 12.2 Å². The van der Waals surface area contributed by atoms with Crippen molar-refractivity contribution < 1.29 is 39.6 Å².